The van der Waals surface area contributed by atoms with E-state index in [0.29, 0.717) is 6.54 Å². The van der Waals surface area contributed by atoms with Gasteiger partial charge in [-0.2, -0.15) is 0 Å². The van der Waals surface area contributed by atoms with Gasteiger partial charge >= 0.3 is 0 Å². The summed E-state index contributed by atoms with van der Waals surface area (Å²) in [5, 5.41) is 3.02. The van der Waals surface area contributed by atoms with Crippen LogP contribution in [0.4, 0.5) is 0 Å². The normalized spacial score (nSPS) is 21.3. The fourth-order valence-electron chi connectivity index (χ4n) is 4.30. The van der Waals surface area contributed by atoms with Crippen molar-refractivity contribution in [3.63, 3.8) is 0 Å². The molecule has 0 bridgehead atoms. The molecule has 0 aromatic heterocycles. The number of rotatable bonds is 6. The average molecular weight is 445 g/mol. The lowest BCUT2D eigenvalue weighted by atomic mass is 9.82. The number of carbonyl (C=O) groups excluding carboxylic acids is 2. The van der Waals surface area contributed by atoms with E-state index < -0.39 is 5.54 Å². The number of nitrogens with two attached hydrogens (primary N) is 2. The number of likely N-dealkylation sites (tertiary alicyclic amines) is 1. The average Bonchev–Trinajstić information content (AvgIpc) is 2.67. The molecule has 164 valence electrons. The van der Waals surface area contributed by atoms with Gasteiger partial charge in [-0.3, -0.25) is 14.5 Å². The van der Waals surface area contributed by atoms with E-state index in [0.717, 1.165) is 63.7 Å². The van der Waals surface area contributed by atoms with E-state index in [-0.39, 0.29) is 42.5 Å². The minimum atomic E-state index is -0.701. The molecule has 2 fully saturated rings. The van der Waals surface area contributed by atoms with E-state index in [1.807, 2.05) is 12.1 Å². The molecule has 1 unspecified atom stereocenters. The summed E-state index contributed by atoms with van der Waals surface area (Å²) in [5.41, 5.74) is 13.3. The minimum absolute atomic E-state index is 0. The Balaban J connectivity index is 0.00000210. The molecule has 2 aliphatic rings. The predicted molar refractivity (Wildman–Crippen MR) is 120 cm³/mol. The number of hydrogen-bond donors (Lipinski definition) is 3. The van der Waals surface area contributed by atoms with Crippen molar-refractivity contribution >= 4 is 36.6 Å². The van der Waals surface area contributed by atoms with Crippen LogP contribution in [0.1, 0.15) is 56.1 Å². The van der Waals surface area contributed by atoms with E-state index in [4.69, 9.17) is 11.5 Å². The Morgan fingerprint density at radius 3 is 2.48 bits per heavy atom. The van der Waals surface area contributed by atoms with Crippen LogP contribution in [0, 0.1) is 5.92 Å². The number of hydrogen-bond acceptors (Lipinski definition) is 4. The first-order chi connectivity index (χ1) is 13.0. The minimum Gasteiger partial charge on any atom is -0.369 e. The lowest BCUT2D eigenvalue weighted by molar-refractivity contribution is -0.127. The third-order valence-electron chi connectivity index (χ3n) is 5.96. The molecule has 6 nitrogen and oxygen atoms in total. The van der Waals surface area contributed by atoms with Crippen molar-refractivity contribution in [1.29, 1.82) is 0 Å². The summed E-state index contributed by atoms with van der Waals surface area (Å²) in [4.78, 5) is 26.2. The predicted octanol–water partition coefficient (Wildman–Crippen LogP) is 2.51. The third-order valence-corrected chi connectivity index (χ3v) is 5.96. The summed E-state index contributed by atoms with van der Waals surface area (Å²) in [5.74, 6) is -0.278. The van der Waals surface area contributed by atoms with Gasteiger partial charge in [0.1, 0.15) is 0 Å². The summed E-state index contributed by atoms with van der Waals surface area (Å²) in [7, 11) is 0. The largest absolute Gasteiger partial charge is 0.369 e. The van der Waals surface area contributed by atoms with Crippen molar-refractivity contribution in [3.8, 4) is 0 Å². The van der Waals surface area contributed by atoms with E-state index in [1.165, 1.54) is 12.0 Å². The molecule has 0 radical (unpaired) electrons. The summed E-state index contributed by atoms with van der Waals surface area (Å²) in [6, 6.07) is 8.25. The van der Waals surface area contributed by atoms with Crippen LogP contribution in [-0.2, 0) is 22.7 Å². The fourth-order valence-corrected chi connectivity index (χ4v) is 4.30. The number of nitrogens with zero attached hydrogens (tertiary/aromatic N) is 1. The second-order valence-corrected chi connectivity index (χ2v) is 8.20. The molecule has 1 heterocycles. The van der Waals surface area contributed by atoms with Gasteiger partial charge in [-0.15, -0.1) is 24.8 Å². The Labute approximate surface area is 186 Å². The first-order valence-electron chi connectivity index (χ1n) is 10.1. The van der Waals surface area contributed by atoms with Crippen LogP contribution in [0.15, 0.2) is 24.3 Å². The lowest BCUT2D eigenvalue weighted by Gasteiger charge is -2.32. The molecule has 1 atom stereocenters. The number of amides is 2. The van der Waals surface area contributed by atoms with E-state index >= 15 is 0 Å². The maximum atomic E-state index is 12.5. The van der Waals surface area contributed by atoms with E-state index in [1.54, 1.807) is 0 Å². The quantitative estimate of drug-likeness (QED) is 0.626. The number of halogens is 2. The highest BCUT2D eigenvalue weighted by Gasteiger charge is 2.34. The Kier molecular flexibility index (Phi) is 10.4. The highest BCUT2D eigenvalue weighted by molar-refractivity contribution is 5.86. The molecule has 1 saturated heterocycles. The number of carbonyl (C=O) groups is 2. The standard InChI is InChI=1S/C21H32N4O2.2ClH/c22-19(26)18-8-5-11-25(15-18)14-17-7-4-6-16(12-17)13-24-20(27)21(23)9-2-1-3-10-21;;/h4,6-7,12,18H,1-3,5,8-11,13-15,23H2,(H2,22,26)(H,24,27);2*1H. The molecule has 1 aromatic rings. The molecular formula is C21H34Cl2N4O2. The molecule has 0 spiro atoms. The zero-order chi connectivity index (χ0) is 19.3. The SMILES string of the molecule is Cl.Cl.NC(=O)C1CCCN(Cc2cccc(CNC(=O)C3(N)CCCCC3)c2)C1. The van der Waals surface area contributed by atoms with Gasteiger partial charge in [-0.05, 0) is 43.4 Å². The van der Waals surface area contributed by atoms with Gasteiger partial charge in [0.15, 0.2) is 0 Å². The number of primary amides is 1. The second-order valence-electron chi connectivity index (χ2n) is 8.20. The van der Waals surface area contributed by atoms with Gasteiger partial charge in [0.2, 0.25) is 11.8 Å². The summed E-state index contributed by atoms with van der Waals surface area (Å²) >= 11 is 0. The Morgan fingerprint density at radius 1 is 1.10 bits per heavy atom. The monoisotopic (exact) mass is 444 g/mol. The Bertz CT molecular complexity index is 680. The molecule has 1 aliphatic heterocycles. The van der Waals surface area contributed by atoms with Crippen LogP contribution < -0.4 is 16.8 Å². The third kappa shape index (κ3) is 7.14. The summed E-state index contributed by atoms with van der Waals surface area (Å²) < 4.78 is 0. The smallest absolute Gasteiger partial charge is 0.240 e. The van der Waals surface area contributed by atoms with Crippen molar-refractivity contribution in [2.75, 3.05) is 13.1 Å². The van der Waals surface area contributed by atoms with Gasteiger partial charge in [0, 0.05) is 19.6 Å². The van der Waals surface area contributed by atoms with Gasteiger partial charge in [-0.25, -0.2) is 0 Å². The maximum Gasteiger partial charge on any atom is 0.240 e. The molecule has 3 rings (SSSR count). The second kappa shape index (κ2) is 11.7. The first kappa shape index (κ1) is 25.7. The van der Waals surface area contributed by atoms with Crippen LogP contribution in [0.5, 0.6) is 0 Å². The Hall–Kier alpha value is -1.34. The molecule has 1 aliphatic carbocycles. The van der Waals surface area contributed by atoms with Gasteiger partial charge in [0.05, 0.1) is 11.5 Å². The maximum absolute atomic E-state index is 12.5. The first-order valence-corrected chi connectivity index (χ1v) is 10.1. The highest BCUT2D eigenvalue weighted by atomic mass is 35.5. The van der Waals surface area contributed by atoms with Crippen LogP contribution >= 0.6 is 24.8 Å². The molecule has 29 heavy (non-hydrogen) atoms. The van der Waals surface area contributed by atoms with E-state index in [2.05, 4.69) is 22.3 Å². The van der Waals surface area contributed by atoms with Gasteiger partial charge in [-0.1, -0.05) is 43.5 Å². The van der Waals surface area contributed by atoms with Crippen molar-refractivity contribution in [2.45, 2.75) is 63.6 Å². The van der Waals surface area contributed by atoms with Crippen LogP contribution in [-0.4, -0.2) is 35.3 Å². The fraction of sp³-hybridized carbons (Fsp3) is 0.619. The highest BCUT2D eigenvalue weighted by Crippen LogP contribution is 2.26. The summed E-state index contributed by atoms with van der Waals surface area (Å²) in [6.45, 7) is 3.01. The molecule has 8 heteroatoms. The molecule has 1 aromatic carbocycles. The van der Waals surface area contributed by atoms with Crippen molar-refractivity contribution < 1.29 is 9.59 Å². The zero-order valence-electron chi connectivity index (χ0n) is 16.9. The number of piperidine rings is 1. The van der Waals surface area contributed by atoms with Gasteiger partial charge in [0.25, 0.3) is 0 Å². The van der Waals surface area contributed by atoms with E-state index in [9.17, 15) is 9.59 Å². The van der Waals surface area contributed by atoms with Crippen molar-refractivity contribution in [1.82, 2.24) is 10.2 Å². The zero-order valence-corrected chi connectivity index (χ0v) is 18.5. The van der Waals surface area contributed by atoms with Crippen LogP contribution in [0.25, 0.3) is 0 Å². The number of nitrogens with one attached hydrogen (secondary N) is 1. The topological polar surface area (TPSA) is 101 Å². The molecule has 1 saturated carbocycles. The molecular weight excluding hydrogens is 411 g/mol. The van der Waals surface area contributed by atoms with Crippen LogP contribution in [0.2, 0.25) is 0 Å². The molecule has 2 amide bonds. The number of benzene rings is 1. The van der Waals surface area contributed by atoms with Crippen molar-refractivity contribution in [3.05, 3.63) is 35.4 Å². The lowest BCUT2D eigenvalue weighted by Crippen LogP contribution is -2.54. The Morgan fingerprint density at radius 2 is 1.79 bits per heavy atom. The molecule has 5 N–H and O–H groups in total. The van der Waals surface area contributed by atoms with Crippen molar-refractivity contribution in [2.24, 2.45) is 17.4 Å². The summed E-state index contributed by atoms with van der Waals surface area (Å²) in [6.07, 6.45) is 6.66. The van der Waals surface area contributed by atoms with Crippen LogP contribution in [0.3, 0.4) is 0 Å². The van der Waals surface area contributed by atoms with Gasteiger partial charge < -0.3 is 16.8 Å².